The van der Waals surface area contributed by atoms with Crippen LogP contribution in [0.2, 0.25) is 0 Å². The van der Waals surface area contributed by atoms with Crippen LogP contribution in [0.25, 0.3) is 0 Å². The van der Waals surface area contributed by atoms with Gasteiger partial charge < -0.3 is 19.3 Å². The predicted molar refractivity (Wildman–Crippen MR) is 133 cm³/mol. The van der Waals surface area contributed by atoms with Gasteiger partial charge in [0.25, 0.3) is 23.2 Å². The molecule has 3 heterocycles. The highest BCUT2D eigenvalue weighted by molar-refractivity contribution is 5.91. The molecular formula is C26H28N4O8. The summed E-state index contributed by atoms with van der Waals surface area (Å²) in [5.41, 5.74) is -0.843. The van der Waals surface area contributed by atoms with E-state index < -0.39 is 33.3 Å². The molecule has 0 aromatic heterocycles. The summed E-state index contributed by atoms with van der Waals surface area (Å²) >= 11 is 0. The number of epoxide rings is 2. The minimum atomic E-state index is -1.08. The van der Waals surface area contributed by atoms with Crippen molar-refractivity contribution >= 4 is 23.2 Å². The van der Waals surface area contributed by atoms with E-state index in [1.54, 1.807) is 47.9 Å². The second kappa shape index (κ2) is 8.84. The molecular weight excluding hydrogens is 496 g/mol. The zero-order valence-corrected chi connectivity index (χ0v) is 21.4. The fraction of sp³-hybridized carbons (Fsp3) is 0.462. The highest BCUT2D eigenvalue weighted by Gasteiger charge is 2.63. The van der Waals surface area contributed by atoms with Gasteiger partial charge in [-0.1, -0.05) is 0 Å². The van der Waals surface area contributed by atoms with Gasteiger partial charge in [-0.15, -0.1) is 0 Å². The van der Waals surface area contributed by atoms with E-state index in [1.807, 2.05) is 13.8 Å². The maximum absolute atomic E-state index is 13.5. The molecule has 0 spiro atoms. The van der Waals surface area contributed by atoms with Gasteiger partial charge in [0.2, 0.25) is 0 Å². The van der Waals surface area contributed by atoms with E-state index in [0.29, 0.717) is 24.2 Å². The highest BCUT2D eigenvalue weighted by atomic mass is 16.6. The Balaban J connectivity index is 1.23. The van der Waals surface area contributed by atoms with Crippen molar-refractivity contribution in [3.05, 3.63) is 79.9 Å². The zero-order valence-electron chi connectivity index (χ0n) is 21.4. The van der Waals surface area contributed by atoms with Crippen LogP contribution in [0.15, 0.2) is 48.5 Å². The van der Waals surface area contributed by atoms with Gasteiger partial charge in [-0.05, 0) is 63.1 Å². The van der Waals surface area contributed by atoms with Crippen molar-refractivity contribution in [2.75, 3.05) is 13.1 Å². The third-order valence-corrected chi connectivity index (χ3v) is 7.78. The van der Waals surface area contributed by atoms with Crippen LogP contribution in [-0.4, -0.2) is 67.8 Å². The van der Waals surface area contributed by atoms with Crippen LogP contribution in [0.4, 0.5) is 11.4 Å². The Morgan fingerprint density at radius 2 is 1.05 bits per heavy atom. The average Bonchev–Trinajstić information content (AvgIpc) is 3.79. The van der Waals surface area contributed by atoms with E-state index in [9.17, 15) is 29.8 Å². The van der Waals surface area contributed by atoms with E-state index in [-0.39, 0.29) is 35.3 Å². The molecule has 3 aliphatic rings. The molecule has 12 heteroatoms. The predicted octanol–water partition coefficient (Wildman–Crippen LogP) is 3.31. The molecule has 2 amide bonds. The Morgan fingerprint density at radius 3 is 1.34 bits per heavy atom. The van der Waals surface area contributed by atoms with Crippen molar-refractivity contribution in [3.8, 4) is 0 Å². The molecule has 0 aliphatic carbocycles. The Kier molecular flexibility index (Phi) is 5.99. The number of carbonyl (C=O) groups excluding carboxylic acids is 2. The summed E-state index contributed by atoms with van der Waals surface area (Å²) in [6, 6.07) is 11.4. The van der Waals surface area contributed by atoms with Crippen LogP contribution in [-0.2, 0) is 19.1 Å². The number of non-ortho nitro benzene ring substituents is 2. The number of hydrogen-bond donors (Lipinski definition) is 0. The number of ether oxygens (including phenoxy) is 2. The average molecular weight is 525 g/mol. The SMILES string of the molecule is C[C@@H]1CN(C(=O)[C@@]2(C)O[C@@H]2c2ccc([N+](=O)[O-])cc2)[C@H](C)CN1C(=O)[C@@]1(C)O[C@@H]1c1ccc([N+](=O)[O-])cc1. The summed E-state index contributed by atoms with van der Waals surface area (Å²) in [6.45, 7) is 7.81. The Bertz CT molecular complexity index is 1210. The van der Waals surface area contributed by atoms with E-state index in [1.165, 1.54) is 24.3 Å². The second-order valence-electron chi connectivity index (χ2n) is 10.5. The minimum absolute atomic E-state index is 0.0326. The Morgan fingerprint density at radius 1 is 0.737 bits per heavy atom. The topological polar surface area (TPSA) is 152 Å². The normalized spacial score (nSPS) is 32.0. The fourth-order valence-electron chi connectivity index (χ4n) is 5.32. The molecule has 38 heavy (non-hydrogen) atoms. The van der Waals surface area contributed by atoms with Gasteiger partial charge in [-0.25, -0.2) is 0 Å². The lowest BCUT2D eigenvalue weighted by Gasteiger charge is -2.45. The molecule has 0 unspecified atom stereocenters. The van der Waals surface area contributed by atoms with Crippen molar-refractivity contribution in [2.24, 2.45) is 0 Å². The summed E-state index contributed by atoms with van der Waals surface area (Å²) in [7, 11) is 0. The lowest BCUT2D eigenvalue weighted by Crippen LogP contribution is -2.62. The van der Waals surface area contributed by atoms with Crippen molar-refractivity contribution in [3.63, 3.8) is 0 Å². The standard InChI is InChI=1S/C26H28N4O8/c1-15-13-28(24(32)26(4)22(38-26)18-7-11-20(12-8-18)30(35)36)16(2)14-27(15)23(31)25(3)21(37-25)17-5-9-19(10-6-17)29(33)34/h5-12,15-16,21-22H,13-14H2,1-4H3/t15-,16-,21-,22-,25+,26+/m1/s1. The number of amides is 2. The number of nitro benzene ring substituents is 2. The number of benzene rings is 2. The first-order valence-corrected chi connectivity index (χ1v) is 12.3. The molecule has 3 aliphatic heterocycles. The van der Waals surface area contributed by atoms with Crippen LogP contribution in [0.3, 0.4) is 0 Å². The molecule has 0 N–H and O–H groups in total. The number of piperazine rings is 1. The molecule has 0 saturated carbocycles. The number of carbonyl (C=O) groups is 2. The second-order valence-corrected chi connectivity index (χ2v) is 10.5. The largest absolute Gasteiger partial charge is 0.351 e. The third-order valence-electron chi connectivity index (χ3n) is 7.78. The molecule has 6 atom stereocenters. The summed E-state index contributed by atoms with van der Waals surface area (Å²) in [5.74, 6) is -0.380. The molecule has 2 aromatic carbocycles. The first-order chi connectivity index (χ1) is 17.9. The monoisotopic (exact) mass is 524 g/mol. The lowest BCUT2D eigenvalue weighted by molar-refractivity contribution is -0.385. The van der Waals surface area contributed by atoms with Crippen molar-refractivity contribution in [2.45, 2.75) is 63.2 Å². The molecule has 2 aromatic rings. The van der Waals surface area contributed by atoms with Gasteiger partial charge in [-0.3, -0.25) is 29.8 Å². The lowest BCUT2D eigenvalue weighted by atomic mass is 9.95. The maximum Gasteiger partial charge on any atom is 0.269 e. The van der Waals surface area contributed by atoms with E-state index in [4.69, 9.17) is 9.47 Å². The quantitative estimate of drug-likeness (QED) is 0.317. The van der Waals surface area contributed by atoms with Gasteiger partial charge in [-0.2, -0.15) is 0 Å². The first kappa shape index (κ1) is 25.7. The van der Waals surface area contributed by atoms with Gasteiger partial charge in [0.15, 0.2) is 11.2 Å². The zero-order chi connectivity index (χ0) is 27.6. The molecule has 0 bridgehead atoms. The molecule has 5 rings (SSSR count). The molecule has 0 radical (unpaired) electrons. The number of hydrogen-bond acceptors (Lipinski definition) is 8. The smallest absolute Gasteiger partial charge is 0.269 e. The first-order valence-electron chi connectivity index (χ1n) is 12.3. The fourth-order valence-corrected chi connectivity index (χ4v) is 5.32. The highest BCUT2D eigenvalue weighted by Crippen LogP contribution is 2.52. The molecule has 3 fully saturated rings. The van der Waals surface area contributed by atoms with Crippen LogP contribution in [0, 0.1) is 20.2 Å². The maximum atomic E-state index is 13.5. The molecule has 12 nitrogen and oxygen atoms in total. The van der Waals surface area contributed by atoms with E-state index in [2.05, 4.69) is 0 Å². The van der Waals surface area contributed by atoms with Gasteiger partial charge >= 0.3 is 0 Å². The summed E-state index contributed by atoms with van der Waals surface area (Å²) in [5, 5.41) is 21.9. The summed E-state index contributed by atoms with van der Waals surface area (Å²) in [4.78, 5) is 51.4. The van der Waals surface area contributed by atoms with Crippen molar-refractivity contribution in [1.82, 2.24) is 9.80 Å². The molecule has 3 saturated heterocycles. The van der Waals surface area contributed by atoms with Crippen LogP contribution in [0.1, 0.15) is 51.0 Å². The number of nitro groups is 2. The molecule has 200 valence electrons. The van der Waals surface area contributed by atoms with Crippen molar-refractivity contribution < 1.29 is 28.9 Å². The third kappa shape index (κ3) is 4.19. The Hall–Kier alpha value is -3.90. The van der Waals surface area contributed by atoms with E-state index >= 15 is 0 Å². The van der Waals surface area contributed by atoms with Gasteiger partial charge in [0.1, 0.15) is 12.2 Å². The van der Waals surface area contributed by atoms with E-state index in [0.717, 1.165) is 0 Å². The van der Waals surface area contributed by atoms with Crippen LogP contribution < -0.4 is 0 Å². The summed E-state index contributed by atoms with van der Waals surface area (Å²) < 4.78 is 11.6. The van der Waals surface area contributed by atoms with Gasteiger partial charge in [0, 0.05) is 49.4 Å². The Labute approximate surface area is 218 Å². The van der Waals surface area contributed by atoms with Gasteiger partial charge in [0.05, 0.1) is 9.85 Å². The van der Waals surface area contributed by atoms with Crippen molar-refractivity contribution in [1.29, 1.82) is 0 Å². The van der Waals surface area contributed by atoms with Crippen LogP contribution in [0.5, 0.6) is 0 Å². The summed E-state index contributed by atoms with van der Waals surface area (Å²) in [6.07, 6.45) is -1.00. The minimum Gasteiger partial charge on any atom is -0.351 e. The van der Waals surface area contributed by atoms with Crippen LogP contribution >= 0.6 is 0 Å². The number of rotatable bonds is 6. The number of nitrogens with zero attached hydrogens (tertiary/aromatic N) is 4.